The predicted molar refractivity (Wildman–Crippen MR) is 116 cm³/mol. The fourth-order valence-electron chi connectivity index (χ4n) is 3.45. The third kappa shape index (κ3) is 5.37. The van der Waals surface area contributed by atoms with E-state index in [2.05, 4.69) is 15.5 Å². The topological polar surface area (TPSA) is 81.4 Å². The van der Waals surface area contributed by atoms with Crippen molar-refractivity contribution >= 4 is 34.8 Å². The van der Waals surface area contributed by atoms with Gasteiger partial charge in [0.2, 0.25) is 0 Å². The molecule has 1 aromatic carbocycles. The van der Waals surface area contributed by atoms with Gasteiger partial charge in [0.15, 0.2) is 11.3 Å². The Balaban J connectivity index is 1.58. The molecule has 2 fully saturated rings. The summed E-state index contributed by atoms with van der Waals surface area (Å²) in [4.78, 5) is 18.9. The zero-order valence-corrected chi connectivity index (χ0v) is 17.3. The Hall–Kier alpha value is -2.90. The van der Waals surface area contributed by atoms with Crippen molar-refractivity contribution in [1.82, 2.24) is 10.6 Å². The average molecular weight is 434 g/mol. The Bertz CT molecular complexity index is 862. The van der Waals surface area contributed by atoms with Crippen LogP contribution in [-0.2, 0) is 4.74 Å². The Morgan fingerprint density at radius 3 is 2.83 bits per heavy atom. The summed E-state index contributed by atoms with van der Waals surface area (Å²) < 4.78 is 20.1. The van der Waals surface area contributed by atoms with Gasteiger partial charge in [-0.25, -0.2) is 14.0 Å². The Kier molecular flexibility index (Phi) is 7.43. The number of thiocarbonyl (C=S) groups is 1. The maximum atomic E-state index is 14.8. The van der Waals surface area contributed by atoms with Crippen LogP contribution in [0.2, 0.25) is 0 Å². The van der Waals surface area contributed by atoms with Crippen molar-refractivity contribution in [3.63, 3.8) is 0 Å². The van der Waals surface area contributed by atoms with Crippen molar-refractivity contribution in [3.8, 4) is 0 Å². The van der Waals surface area contributed by atoms with Gasteiger partial charge < -0.3 is 25.4 Å². The van der Waals surface area contributed by atoms with E-state index in [1.54, 1.807) is 18.3 Å². The number of rotatable bonds is 6. The molecule has 2 heterocycles. The van der Waals surface area contributed by atoms with Crippen molar-refractivity contribution in [1.29, 1.82) is 0 Å². The third-order valence-corrected chi connectivity index (χ3v) is 5.29. The summed E-state index contributed by atoms with van der Waals surface area (Å²) in [7, 11) is 0. The highest BCUT2D eigenvalue weighted by Gasteiger charge is 2.33. The molecule has 0 radical (unpaired) electrons. The fraction of sp³-hybridized carbons (Fsp3) is 0.450. The van der Waals surface area contributed by atoms with Crippen LogP contribution >= 0.6 is 12.2 Å². The number of nitrogens with zero attached hydrogens (tertiary/aromatic N) is 3. The number of carbonyl (C=O) groups is 1. The molecule has 30 heavy (non-hydrogen) atoms. The van der Waals surface area contributed by atoms with E-state index in [4.69, 9.17) is 28.6 Å². The fourth-order valence-corrected chi connectivity index (χ4v) is 3.64. The number of nitrogens with one attached hydrogen (secondary N) is 2. The summed E-state index contributed by atoms with van der Waals surface area (Å²) in [6.07, 6.45) is 2.08. The van der Waals surface area contributed by atoms with Crippen molar-refractivity contribution in [2.75, 3.05) is 49.1 Å². The molecular weight excluding hydrogens is 409 g/mol. The van der Waals surface area contributed by atoms with Crippen LogP contribution < -0.4 is 20.4 Å². The molecule has 0 unspecified atom stereocenters. The van der Waals surface area contributed by atoms with E-state index in [0.29, 0.717) is 42.7 Å². The number of aliphatic hydroxyl groups excluding tert-OH is 1. The van der Waals surface area contributed by atoms with E-state index < -0.39 is 18.0 Å². The lowest BCUT2D eigenvalue weighted by molar-refractivity contribution is 0.143. The van der Waals surface area contributed by atoms with Crippen molar-refractivity contribution in [2.45, 2.75) is 18.9 Å². The van der Waals surface area contributed by atoms with Crippen LogP contribution in [0.15, 0.2) is 30.0 Å². The molecule has 160 valence electrons. The lowest BCUT2D eigenvalue weighted by atomic mass is 10.0. The quantitative estimate of drug-likeness (QED) is 0.468. The number of hydrogen-bond acceptors (Lipinski definition) is 5. The smallest absolute Gasteiger partial charge is 0.414 e. The summed E-state index contributed by atoms with van der Waals surface area (Å²) in [5.41, 5.74) is 2.02. The largest absolute Gasteiger partial charge is 0.442 e. The molecule has 0 aliphatic carbocycles. The molecular formula is C20H24FN5O3S. The Morgan fingerprint density at radius 2 is 2.17 bits per heavy atom. The molecule has 2 saturated heterocycles. The van der Waals surface area contributed by atoms with E-state index in [-0.39, 0.29) is 13.2 Å². The van der Waals surface area contributed by atoms with Crippen molar-refractivity contribution in [3.05, 3.63) is 47.2 Å². The van der Waals surface area contributed by atoms with Gasteiger partial charge in [-0.3, -0.25) is 4.90 Å². The molecule has 1 atom stereocenters. The Morgan fingerprint density at radius 1 is 1.40 bits per heavy atom. The molecule has 3 rings (SSSR count). The molecule has 3 N–H and O–H groups in total. The minimum absolute atomic E-state index is 0.0359. The third-order valence-electron chi connectivity index (χ3n) is 5.00. The lowest BCUT2D eigenvalue weighted by Crippen LogP contribution is -2.41. The number of anilines is 2. The molecule has 0 bridgehead atoms. The highest BCUT2D eigenvalue weighted by Crippen LogP contribution is 2.30. The number of hydrogen-bond donors (Lipinski definition) is 3. The number of aliphatic hydroxyl groups is 1. The van der Waals surface area contributed by atoms with E-state index in [0.717, 1.165) is 18.4 Å². The molecule has 0 saturated carbocycles. The Labute approximate surface area is 180 Å². The molecule has 8 nitrogen and oxygen atoms in total. The van der Waals surface area contributed by atoms with Gasteiger partial charge >= 0.3 is 6.09 Å². The van der Waals surface area contributed by atoms with E-state index in [9.17, 15) is 9.18 Å². The first-order valence-corrected chi connectivity index (χ1v) is 10.1. The van der Waals surface area contributed by atoms with E-state index >= 15 is 0 Å². The molecule has 1 amide bonds. The average Bonchev–Trinajstić information content (AvgIpc) is 3.12. The van der Waals surface area contributed by atoms with Gasteiger partial charge in [-0.05, 0) is 43.3 Å². The maximum Gasteiger partial charge on any atom is 0.414 e. The van der Waals surface area contributed by atoms with Crippen LogP contribution in [0.4, 0.5) is 20.6 Å². The second kappa shape index (κ2) is 10.2. The summed E-state index contributed by atoms with van der Waals surface area (Å²) in [5.74, 6) is -0.395. The SMILES string of the molecule is [C-]#[N+]C=C1CCN(c2ccc(N3C[C@H](CNC(=S)NCCO)OC3=O)cc2F)CC1. The van der Waals surface area contributed by atoms with Gasteiger partial charge in [-0.1, -0.05) is 5.57 Å². The zero-order valence-electron chi connectivity index (χ0n) is 16.4. The molecule has 0 spiro atoms. The number of piperidine rings is 1. The maximum absolute atomic E-state index is 14.8. The van der Waals surface area contributed by atoms with Gasteiger partial charge in [0.05, 0.1) is 37.6 Å². The van der Waals surface area contributed by atoms with Gasteiger partial charge in [0, 0.05) is 19.6 Å². The highest BCUT2D eigenvalue weighted by atomic mass is 32.1. The first-order chi connectivity index (χ1) is 14.5. The number of carbonyl (C=O) groups excluding carboxylic acids is 1. The van der Waals surface area contributed by atoms with Crippen molar-refractivity contribution in [2.24, 2.45) is 0 Å². The van der Waals surface area contributed by atoms with Gasteiger partial charge in [0.25, 0.3) is 0 Å². The first-order valence-electron chi connectivity index (χ1n) is 9.71. The summed E-state index contributed by atoms with van der Waals surface area (Å²) in [6.45, 7) is 9.11. The van der Waals surface area contributed by atoms with Gasteiger partial charge in [0.1, 0.15) is 11.9 Å². The highest BCUT2D eigenvalue weighted by molar-refractivity contribution is 7.80. The molecule has 2 aliphatic heterocycles. The standard InChI is InChI=1S/C20H24FN5O3S/c1-22-11-14-4-7-25(8-5-14)18-3-2-15(10-17(18)21)26-13-16(29-20(26)28)12-24-19(30)23-6-9-27/h2-3,10-11,16,27H,4-9,12-13H2,(H2,23,24,30)/t16-/m0/s1. The van der Waals surface area contributed by atoms with E-state index in [1.165, 1.54) is 11.0 Å². The minimum Gasteiger partial charge on any atom is -0.442 e. The number of ether oxygens (including phenoxy) is 1. The number of halogens is 1. The van der Waals surface area contributed by atoms with Crippen LogP contribution in [-0.4, -0.2) is 61.7 Å². The van der Waals surface area contributed by atoms with Crippen LogP contribution in [0, 0.1) is 12.4 Å². The summed E-state index contributed by atoms with van der Waals surface area (Å²) in [5, 5.41) is 14.9. The predicted octanol–water partition coefficient (Wildman–Crippen LogP) is 2.01. The molecule has 1 aromatic rings. The van der Waals surface area contributed by atoms with Gasteiger partial charge in [-0.2, -0.15) is 0 Å². The monoisotopic (exact) mass is 433 g/mol. The zero-order chi connectivity index (χ0) is 21.5. The first kappa shape index (κ1) is 21.8. The minimum atomic E-state index is -0.532. The number of amides is 1. The number of cyclic esters (lactones) is 1. The second-order valence-corrected chi connectivity index (χ2v) is 7.42. The molecule has 0 aromatic heterocycles. The molecule has 2 aliphatic rings. The van der Waals surface area contributed by atoms with Crippen LogP contribution in [0.3, 0.4) is 0 Å². The lowest BCUT2D eigenvalue weighted by Gasteiger charge is -2.31. The second-order valence-electron chi connectivity index (χ2n) is 7.02. The number of benzene rings is 1. The molecule has 10 heteroatoms. The normalized spacial score (nSPS) is 18.6. The van der Waals surface area contributed by atoms with Crippen LogP contribution in [0.5, 0.6) is 0 Å². The van der Waals surface area contributed by atoms with Crippen molar-refractivity contribution < 1.29 is 19.0 Å². The summed E-state index contributed by atoms with van der Waals surface area (Å²) in [6, 6.07) is 4.75. The van der Waals surface area contributed by atoms with Crippen LogP contribution in [0.25, 0.3) is 4.85 Å². The van der Waals surface area contributed by atoms with Gasteiger partial charge in [-0.15, -0.1) is 0 Å². The van der Waals surface area contributed by atoms with Crippen LogP contribution in [0.1, 0.15) is 12.8 Å². The summed E-state index contributed by atoms with van der Waals surface area (Å²) >= 11 is 5.06. The van der Waals surface area contributed by atoms with E-state index in [1.807, 2.05) is 4.90 Å².